The minimum absolute atomic E-state index is 0.432. The summed E-state index contributed by atoms with van der Waals surface area (Å²) < 4.78 is 5.50. The van der Waals surface area contributed by atoms with Crippen molar-refractivity contribution in [2.75, 3.05) is 31.2 Å². The molecular weight excluding hydrogens is 258 g/mol. The van der Waals surface area contributed by atoms with Crippen LogP contribution in [0.3, 0.4) is 0 Å². The Kier molecular flexibility index (Phi) is 5.60. The molecule has 1 aromatic heterocycles. The molecule has 0 saturated carbocycles. The molecule has 4 nitrogen and oxygen atoms in total. The standard InChI is InChI=1S/C14H25N3OS/c1-4-6-15-9-13-12(5-2)16-14(19-13)17-7-8-18-10-11(17)3/h11,15H,4-10H2,1-3H3. The second kappa shape index (κ2) is 7.22. The van der Waals surface area contributed by atoms with Crippen molar-refractivity contribution in [3.05, 3.63) is 10.6 Å². The molecule has 2 rings (SSSR count). The number of anilines is 1. The van der Waals surface area contributed by atoms with Crippen molar-refractivity contribution in [2.45, 2.75) is 46.2 Å². The predicted molar refractivity (Wildman–Crippen MR) is 81.1 cm³/mol. The van der Waals surface area contributed by atoms with Crippen molar-refractivity contribution >= 4 is 16.5 Å². The molecule has 0 radical (unpaired) electrons. The van der Waals surface area contributed by atoms with Crippen LogP contribution in [-0.4, -0.2) is 37.3 Å². The number of aryl methyl sites for hydroxylation is 1. The summed E-state index contributed by atoms with van der Waals surface area (Å²) in [5.74, 6) is 0. The van der Waals surface area contributed by atoms with Gasteiger partial charge >= 0.3 is 0 Å². The zero-order valence-corrected chi connectivity index (χ0v) is 13.1. The maximum Gasteiger partial charge on any atom is 0.186 e. The number of nitrogens with one attached hydrogen (secondary N) is 1. The molecule has 0 aliphatic carbocycles. The Labute approximate surface area is 120 Å². The number of ether oxygens (including phenoxy) is 1. The van der Waals surface area contributed by atoms with E-state index >= 15 is 0 Å². The normalized spacial score (nSPS) is 19.9. The van der Waals surface area contributed by atoms with Gasteiger partial charge in [0.1, 0.15) is 0 Å². The summed E-state index contributed by atoms with van der Waals surface area (Å²) in [4.78, 5) is 8.61. The molecule has 1 aliphatic rings. The molecule has 1 N–H and O–H groups in total. The van der Waals surface area contributed by atoms with Crippen LogP contribution < -0.4 is 10.2 Å². The molecular formula is C14H25N3OS. The number of thiazole rings is 1. The Bertz CT molecular complexity index is 394. The van der Waals surface area contributed by atoms with Gasteiger partial charge < -0.3 is 15.0 Å². The smallest absolute Gasteiger partial charge is 0.186 e. The number of rotatable bonds is 6. The highest BCUT2D eigenvalue weighted by atomic mass is 32.1. The highest BCUT2D eigenvalue weighted by Gasteiger charge is 2.23. The molecule has 0 spiro atoms. The lowest BCUT2D eigenvalue weighted by Crippen LogP contribution is -2.43. The number of hydrogen-bond donors (Lipinski definition) is 1. The highest BCUT2D eigenvalue weighted by Crippen LogP contribution is 2.29. The number of morpholine rings is 1. The summed E-state index contributed by atoms with van der Waals surface area (Å²) in [7, 11) is 0. The Balaban J connectivity index is 2.08. The fraction of sp³-hybridized carbons (Fsp3) is 0.786. The van der Waals surface area contributed by atoms with Crippen LogP contribution in [0, 0.1) is 0 Å². The van der Waals surface area contributed by atoms with Crippen molar-refractivity contribution in [2.24, 2.45) is 0 Å². The van der Waals surface area contributed by atoms with Crippen molar-refractivity contribution in [3.63, 3.8) is 0 Å². The summed E-state index contributed by atoms with van der Waals surface area (Å²) >= 11 is 1.84. The molecule has 2 heterocycles. The zero-order chi connectivity index (χ0) is 13.7. The summed E-state index contributed by atoms with van der Waals surface area (Å²) in [6, 6.07) is 0.432. The lowest BCUT2D eigenvalue weighted by molar-refractivity contribution is 0.0989. The van der Waals surface area contributed by atoms with Gasteiger partial charge in [-0.15, -0.1) is 11.3 Å². The molecule has 0 amide bonds. The van der Waals surface area contributed by atoms with Crippen molar-refractivity contribution < 1.29 is 4.74 Å². The predicted octanol–water partition coefficient (Wildman–Crippen LogP) is 2.43. The first-order valence-corrected chi connectivity index (χ1v) is 8.11. The molecule has 1 saturated heterocycles. The van der Waals surface area contributed by atoms with Crippen LogP contribution in [0.1, 0.15) is 37.8 Å². The van der Waals surface area contributed by atoms with Gasteiger partial charge in [0, 0.05) is 18.0 Å². The van der Waals surface area contributed by atoms with E-state index in [9.17, 15) is 0 Å². The average Bonchev–Trinajstić information content (AvgIpc) is 2.83. The fourth-order valence-corrected chi connectivity index (χ4v) is 3.54. The lowest BCUT2D eigenvalue weighted by Gasteiger charge is -2.32. The van der Waals surface area contributed by atoms with Crippen LogP contribution in [0.25, 0.3) is 0 Å². The van der Waals surface area contributed by atoms with E-state index in [0.29, 0.717) is 6.04 Å². The van der Waals surface area contributed by atoms with E-state index < -0.39 is 0 Å². The first-order chi connectivity index (χ1) is 9.26. The van der Waals surface area contributed by atoms with Gasteiger partial charge in [-0.3, -0.25) is 0 Å². The van der Waals surface area contributed by atoms with Gasteiger partial charge in [0.15, 0.2) is 5.13 Å². The first kappa shape index (κ1) is 14.8. The molecule has 108 valence electrons. The third-order valence-corrected chi connectivity index (χ3v) is 4.56. The van der Waals surface area contributed by atoms with Gasteiger partial charge in [0.25, 0.3) is 0 Å². The molecule has 0 bridgehead atoms. The van der Waals surface area contributed by atoms with Crippen LogP contribution in [0.5, 0.6) is 0 Å². The quantitative estimate of drug-likeness (QED) is 0.814. The minimum atomic E-state index is 0.432. The lowest BCUT2D eigenvalue weighted by atomic mass is 10.3. The summed E-state index contributed by atoms with van der Waals surface area (Å²) in [6.07, 6.45) is 2.19. The Morgan fingerprint density at radius 1 is 1.47 bits per heavy atom. The van der Waals surface area contributed by atoms with E-state index in [-0.39, 0.29) is 0 Å². The molecule has 1 atom stereocenters. The van der Waals surface area contributed by atoms with E-state index in [4.69, 9.17) is 9.72 Å². The molecule has 1 fully saturated rings. The molecule has 5 heteroatoms. The summed E-state index contributed by atoms with van der Waals surface area (Å²) in [5.41, 5.74) is 1.25. The van der Waals surface area contributed by atoms with Crippen LogP contribution in [0.15, 0.2) is 0 Å². The van der Waals surface area contributed by atoms with E-state index in [2.05, 4.69) is 31.0 Å². The van der Waals surface area contributed by atoms with Gasteiger partial charge in [-0.1, -0.05) is 13.8 Å². The molecule has 19 heavy (non-hydrogen) atoms. The SMILES string of the molecule is CCCNCc1sc(N2CCOCC2C)nc1CC. The van der Waals surface area contributed by atoms with Crippen molar-refractivity contribution in [3.8, 4) is 0 Å². The summed E-state index contributed by atoms with van der Waals surface area (Å²) in [6.45, 7) is 11.2. The topological polar surface area (TPSA) is 37.4 Å². The minimum Gasteiger partial charge on any atom is -0.377 e. The van der Waals surface area contributed by atoms with E-state index in [1.54, 1.807) is 0 Å². The Morgan fingerprint density at radius 3 is 3.00 bits per heavy atom. The van der Waals surface area contributed by atoms with E-state index in [0.717, 1.165) is 39.3 Å². The largest absolute Gasteiger partial charge is 0.377 e. The Hall–Kier alpha value is -0.650. The maximum atomic E-state index is 5.50. The average molecular weight is 283 g/mol. The molecule has 1 unspecified atom stereocenters. The number of aromatic nitrogens is 1. The Morgan fingerprint density at radius 2 is 2.32 bits per heavy atom. The van der Waals surface area contributed by atoms with Gasteiger partial charge in [0.05, 0.1) is 24.9 Å². The van der Waals surface area contributed by atoms with Crippen LogP contribution in [0.2, 0.25) is 0 Å². The second-order valence-corrected chi connectivity index (χ2v) is 6.08. The fourth-order valence-electron chi connectivity index (χ4n) is 2.30. The van der Waals surface area contributed by atoms with E-state index in [1.165, 1.54) is 22.1 Å². The molecule has 0 aromatic carbocycles. The van der Waals surface area contributed by atoms with Crippen molar-refractivity contribution in [1.29, 1.82) is 0 Å². The molecule has 1 aliphatic heterocycles. The van der Waals surface area contributed by atoms with Crippen molar-refractivity contribution in [1.82, 2.24) is 10.3 Å². The third-order valence-electron chi connectivity index (χ3n) is 3.43. The van der Waals surface area contributed by atoms with E-state index in [1.807, 2.05) is 11.3 Å². The zero-order valence-electron chi connectivity index (χ0n) is 12.2. The monoisotopic (exact) mass is 283 g/mol. The third kappa shape index (κ3) is 3.68. The maximum absolute atomic E-state index is 5.50. The number of nitrogens with zero attached hydrogens (tertiary/aromatic N) is 2. The van der Waals surface area contributed by atoms with Crippen LogP contribution >= 0.6 is 11.3 Å². The van der Waals surface area contributed by atoms with Gasteiger partial charge in [-0.25, -0.2) is 4.98 Å². The van der Waals surface area contributed by atoms with Gasteiger partial charge in [0.2, 0.25) is 0 Å². The highest BCUT2D eigenvalue weighted by molar-refractivity contribution is 7.15. The van der Waals surface area contributed by atoms with Gasteiger partial charge in [-0.2, -0.15) is 0 Å². The molecule has 1 aromatic rings. The van der Waals surface area contributed by atoms with Crippen LogP contribution in [-0.2, 0) is 17.7 Å². The van der Waals surface area contributed by atoms with Crippen LogP contribution in [0.4, 0.5) is 5.13 Å². The first-order valence-electron chi connectivity index (χ1n) is 7.29. The number of hydrogen-bond acceptors (Lipinski definition) is 5. The second-order valence-electron chi connectivity index (χ2n) is 5.01. The summed E-state index contributed by atoms with van der Waals surface area (Å²) in [5, 5.41) is 4.65. The van der Waals surface area contributed by atoms with Gasteiger partial charge in [-0.05, 0) is 26.3 Å².